The average Bonchev–Trinajstić information content (AvgIpc) is 1.52. The molecule has 105 heavy (non-hydrogen) atoms. The van der Waals surface area contributed by atoms with Gasteiger partial charge in [-0.25, -0.2) is 0 Å². The van der Waals surface area contributed by atoms with Gasteiger partial charge in [0, 0.05) is 5.41 Å². The zero-order valence-corrected chi connectivity index (χ0v) is 62.8. The second kappa shape index (κ2) is 28.5. The average molecular weight is 1350 g/mol. The van der Waals surface area contributed by atoms with E-state index in [1.165, 1.54) is 189 Å². The van der Waals surface area contributed by atoms with Gasteiger partial charge in [-0.1, -0.05) is 398 Å². The van der Waals surface area contributed by atoms with Crippen LogP contribution in [-0.2, 0) is 16.2 Å². The molecule has 0 heteroatoms. The summed E-state index contributed by atoms with van der Waals surface area (Å²) in [5, 5.41) is 0. The summed E-state index contributed by atoms with van der Waals surface area (Å²) in [7, 11) is 0. The van der Waals surface area contributed by atoms with Gasteiger partial charge in [0.2, 0.25) is 0 Å². The molecule has 15 aromatic carbocycles. The Hall–Kier alpha value is -11.7. The summed E-state index contributed by atoms with van der Waals surface area (Å²) < 4.78 is 0. The molecule has 1 spiro atoms. The van der Waals surface area contributed by atoms with Gasteiger partial charge in [0.15, 0.2) is 0 Å². The van der Waals surface area contributed by atoms with Gasteiger partial charge in [-0.3, -0.25) is 0 Å². The van der Waals surface area contributed by atoms with Crippen molar-refractivity contribution in [1.82, 2.24) is 0 Å². The minimum Gasteiger partial charge on any atom is -0.0622 e. The van der Waals surface area contributed by atoms with E-state index in [-0.39, 0.29) is 16.2 Å². The van der Waals surface area contributed by atoms with Crippen LogP contribution in [0.2, 0.25) is 0 Å². The first-order valence-corrected chi connectivity index (χ1v) is 37.3. The van der Waals surface area contributed by atoms with Gasteiger partial charge in [-0.15, -0.1) is 0 Å². The normalized spacial score (nSPS) is 13.2. The molecule has 0 nitrogen and oxygen atoms in total. The Bertz CT molecular complexity index is 5240. The second-order valence-electron chi connectivity index (χ2n) is 30.2. The molecule has 0 unspecified atom stereocenters. The fourth-order valence-electron chi connectivity index (χ4n) is 17.2. The lowest BCUT2D eigenvalue weighted by Crippen LogP contribution is -2.28. The number of rotatable bonds is 5. The number of aryl methyl sites for hydroxylation is 10. The third-order valence-corrected chi connectivity index (χ3v) is 22.4. The van der Waals surface area contributed by atoms with E-state index in [4.69, 9.17) is 0 Å². The van der Waals surface area contributed by atoms with Crippen LogP contribution in [0.5, 0.6) is 0 Å². The lowest BCUT2D eigenvalue weighted by molar-refractivity contribution is 0.659. The molecular weight excluding hydrogens is 1260 g/mol. The molecule has 0 amide bonds. The van der Waals surface area contributed by atoms with Crippen molar-refractivity contribution in [2.24, 2.45) is 0 Å². The third kappa shape index (κ3) is 12.6. The molecule has 0 bridgehead atoms. The first-order chi connectivity index (χ1) is 50.9. The molecule has 0 heterocycles. The number of hydrogen-bond acceptors (Lipinski definition) is 0. The number of fused-ring (bicyclic) bond motifs is 16. The Labute approximate surface area is 624 Å². The van der Waals surface area contributed by atoms with Crippen molar-refractivity contribution < 1.29 is 0 Å². The molecule has 0 fully saturated rings. The van der Waals surface area contributed by atoms with E-state index >= 15 is 0 Å². The van der Waals surface area contributed by atoms with Crippen LogP contribution in [-0.4, -0.2) is 0 Å². The maximum absolute atomic E-state index is 2.41. The Morgan fingerprint density at radius 3 is 0.714 bits per heavy atom. The summed E-state index contributed by atoms with van der Waals surface area (Å²) in [5.41, 5.74) is 45.7. The minimum absolute atomic E-state index is 0.142. The van der Waals surface area contributed by atoms with Crippen molar-refractivity contribution in [2.45, 2.75) is 99.3 Å². The molecule has 4 aliphatic carbocycles. The summed E-state index contributed by atoms with van der Waals surface area (Å²) in [4.78, 5) is 0. The van der Waals surface area contributed by atoms with Crippen LogP contribution in [0, 0.1) is 69.2 Å². The molecular formula is C105H92. The van der Waals surface area contributed by atoms with Gasteiger partial charge < -0.3 is 0 Å². The van der Waals surface area contributed by atoms with Crippen molar-refractivity contribution in [3.8, 4) is 77.9 Å². The number of hydrogen-bond donors (Lipinski definition) is 0. The van der Waals surface area contributed by atoms with Gasteiger partial charge in [0.25, 0.3) is 0 Å². The van der Waals surface area contributed by atoms with Gasteiger partial charge in [0.1, 0.15) is 0 Å². The first kappa shape index (κ1) is 69.0. The van der Waals surface area contributed by atoms with Gasteiger partial charge >= 0.3 is 0 Å². The van der Waals surface area contributed by atoms with E-state index in [0.717, 1.165) is 0 Å². The topological polar surface area (TPSA) is 0 Å². The predicted octanol–water partition coefficient (Wildman–Crippen LogP) is 27.5. The van der Waals surface area contributed by atoms with Crippen molar-refractivity contribution in [3.05, 3.63) is 451 Å². The van der Waals surface area contributed by atoms with Crippen molar-refractivity contribution >= 4 is 0 Å². The monoisotopic (exact) mass is 1350 g/mol. The highest BCUT2D eigenvalue weighted by molar-refractivity contribution is 5.95. The van der Waals surface area contributed by atoms with E-state index in [1.54, 1.807) is 0 Å². The molecule has 512 valence electrons. The first-order valence-electron chi connectivity index (χ1n) is 37.3. The summed E-state index contributed by atoms with van der Waals surface area (Å²) >= 11 is 0. The van der Waals surface area contributed by atoms with Crippen LogP contribution in [0.25, 0.3) is 77.9 Å². The van der Waals surface area contributed by atoms with E-state index in [9.17, 15) is 0 Å². The van der Waals surface area contributed by atoms with Gasteiger partial charge in [0.05, 0.1) is 10.8 Å². The molecule has 0 aliphatic heterocycles. The summed E-state index contributed by atoms with van der Waals surface area (Å²) in [6.45, 7) is 26.4. The van der Waals surface area contributed by atoms with Crippen LogP contribution in [0.3, 0.4) is 0 Å². The molecule has 4 aliphatic rings. The standard InChI is InChI=1S/C27H20.C27H22.C20H18.C17H18.C14H14/c1-17-11-13-21-22-14-12-18(2)16-26(22)27(25(21)15-17)23-9-5-3-7-19(23)20-8-4-6-10-24(20)27;1-19-13-15-23-24-16-14-20(2)18-26(24)27(25(23)17-19,21-9-5-3-6-10-21)22-11-7-4-8-12-22;1-15-13-20(18-11-7-4-8-12-18)16(2)14-19(15)17-9-5-3-6-10-17;1-11-5-7-13-14-8-6-12(2)10-16(14)17(3,4)15(13)9-11;1-11-3-7-13(8-4-11)14-9-5-12(2)6-10-14/h3-16H,1-2H3;3-18H,1-2H3;3-14H,1-2H3;5-10H,1-4H3;3-10H,1-2H3. The number of benzene rings is 15. The maximum atomic E-state index is 2.41. The minimum atomic E-state index is -0.273. The van der Waals surface area contributed by atoms with Crippen LogP contribution >= 0.6 is 0 Å². The molecule has 0 atom stereocenters. The van der Waals surface area contributed by atoms with Crippen LogP contribution in [0.15, 0.2) is 340 Å². The van der Waals surface area contributed by atoms with Crippen LogP contribution in [0.4, 0.5) is 0 Å². The van der Waals surface area contributed by atoms with E-state index < -0.39 is 0 Å². The maximum Gasteiger partial charge on any atom is 0.0725 e. The largest absolute Gasteiger partial charge is 0.0725 e. The third-order valence-electron chi connectivity index (χ3n) is 22.4. The predicted molar refractivity (Wildman–Crippen MR) is 447 cm³/mol. The second-order valence-corrected chi connectivity index (χ2v) is 30.2. The van der Waals surface area contributed by atoms with E-state index in [2.05, 4.69) is 423 Å². The fraction of sp³-hybridized carbons (Fsp3) is 0.143. The molecule has 19 rings (SSSR count). The Morgan fingerprint density at radius 1 is 0.162 bits per heavy atom. The summed E-state index contributed by atoms with van der Waals surface area (Å²) in [6, 6.07) is 124. The molecule has 0 saturated carbocycles. The Kier molecular flexibility index (Phi) is 18.7. The van der Waals surface area contributed by atoms with Gasteiger partial charge in [-0.05, 0) is 214 Å². The van der Waals surface area contributed by atoms with Crippen molar-refractivity contribution in [3.63, 3.8) is 0 Å². The smallest absolute Gasteiger partial charge is 0.0622 e. The van der Waals surface area contributed by atoms with Gasteiger partial charge in [-0.2, -0.15) is 0 Å². The van der Waals surface area contributed by atoms with E-state index in [0.29, 0.717) is 0 Å². The molecule has 0 aromatic heterocycles. The summed E-state index contributed by atoms with van der Waals surface area (Å²) in [5.74, 6) is 0. The van der Waals surface area contributed by atoms with Crippen molar-refractivity contribution in [2.75, 3.05) is 0 Å². The molecule has 0 radical (unpaired) electrons. The highest BCUT2D eigenvalue weighted by Gasteiger charge is 2.52. The summed E-state index contributed by atoms with van der Waals surface area (Å²) in [6.07, 6.45) is 0. The molecule has 15 aromatic rings. The van der Waals surface area contributed by atoms with Crippen LogP contribution in [0.1, 0.15) is 125 Å². The highest BCUT2D eigenvalue weighted by atomic mass is 14.5. The highest BCUT2D eigenvalue weighted by Crippen LogP contribution is 2.63. The fourth-order valence-corrected chi connectivity index (χ4v) is 17.2. The lowest BCUT2D eigenvalue weighted by Gasteiger charge is -2.34. The SMILES string of the molecule is Cc1cc(-c2ccccc2)c(C)cc1-c1ccccc1.Cc1ccc(-c2ccc(C)cc2)cc1.Cc1ccc2c(c1)C(C)(C)c1cc(C)ccc1-2.Cc1ccc2c(c1)C(c1ccccc1)(c1ccccc1)c1cc(C)ccc1-2.Cc1ccc2c(c1)C1(c3ccccc3-c3ccccc31)c1cc(C)ccc1-2. The quantitative estimate of drug-likeness (QED) is 0.161. The Balaban J connectivity index is 0.000000108. The zero-order valence-electron chi connectivity index (χ0n) is 62.8. The van der Waals surface area contributed by atoms with E-state index in [1.807, 2.05) is 0 Å². The van der Waals surface area contributed by atoms with Crippen LogP contribution < -0.4 is 0 Å². The lowest BCUT2D eigenvalue weighted by atomic mass is 9.67. The van der Waals surface area contributed by atoms with Crippen molar-refractivity contribution in [1.29, 1.82) is 0 Å². The zero-order chi connectivity index (χ0) is 72.7. The molecule has 0 N–H and O–H groups in total. The molecule has 0 saturated heterocycles. The Morgan fingerprint density at radius 2 is 0.400 bits per heavy atom.